The standard InChI is InChI=1S/C54H32N2O6/c57-49-41-37(31-19-7-1-8-20-31)45-46(52(60)55(51(45)59)35-27-15-5-16-28-35)38(32-21-9-2-10-22-32)42(41)50(58)44-40(34-25-13-4-14-26-34)48-47(39(43(44)49)33-23-11-3-12-24-33)53(61)56(54(48)62)36-29-17-6-18-30-36/h1-30,41-42H. The summed E-state index contributed by atoms with van der Waals surface area (Å²) >= 11 is 0. The maximum absolute atomic E-state index is 16.4. The number of benzene rings is 7. The first-order valence-corrected chi connectivity index (χ1v) is 20.3. The minimum absolute atomic E-state index is 0.00821. The molecule has 0 radical (unpaired) electrons. The van der Waals surface area contributed by atoms with E-state index in [1.54, 1.807) is 170 Å². The van der Waals surface area contributed by atoms with E-state index in [1.807, 2.05) is 12.1 Å². The van der Waals surface area contributed by atoms with E-state index in [4.69, 9.17) is 0 Å². The zero-order valence-corrected chi connectivity index (χ0v) is 32.8. The number of nitrogens with zero attached hydrogens (tertiary/aromatic N) is 2. The number of para-hydroxylation sites is 2. The van der Waals surface area contributed by atoms with Crippen LogP contribution in [0.2, 0.25) is 0 Å². The summed E-state index contributed by atoms with van der Waals surface area (Å²) in [6, 6.07) is 52.8. The molecular formula is C54H32N2O6. The molecule has 7 aromatic rings. The Morgan fingerprint density at radius 3 is 0.871 bits per heavy atom. The van der Waals surface area contributed by atoms with Gasteiger partial charge in [-0.05, 0) is 57.7 Å². The van der Waals surface area contributed by atoms with Crippen LogP contribution >= 0.6 is 0 Å². The van der Waals surface area contributed by atoms with Crippen molar-refractivity contribution in [3.63, 3.8) is 0 Å². The van der Waals surface area contributed by atoms with Crippen molar-refractivity contribution in [2.75, 3.05) is 9.80 Å². The summed E-state index contributed by atoms with van der Waals surface area (Å²) in [5.41, 5.74) is 3.49. The molecule has 2 unspecified atom stereocenters. The number of fused-ring (bicyclic) bond motifs is 4. The number of allylic oxidation sites excluding steroid dienone is 2. The van der Waals surface area contributed by atoms with Crippen LogP contribution in [0.4, 0.5) is 11.4 Å². The van der Waals surface area contributed by atoms with Crippen molar-refractivity contribution in [2.24, 2.45) is 11.8 Å². The van der Waals surface area contributed by atoms with E-state index in [2.05, 4.69) is 0 Å². The van der Waals surface area contributed by atoms with Crippen molar-refractivity contribution in [3.05, 3.63) is 227 Å². The van der Waals surface area contributed by atoms with Crippen molar-refractivity contribution in [1.82, 2.24) is 0 Å². The van der Waals surface area contributed by atoms with Crippen molar-refractivity contribution in [2.45, 2.75) is 0 Å². The summed E-state index contributed by atoms with van der Waals surface area (Å²) in [6.45, 7) is 0. The van der Waals surface area contributed by atoms with Gasteiger partial charge in [0.2, 0.25) is 0 Å². The Balaban J connectivity index is 1.30. The molecule has 7 aromatic carbocycles. The molecule has 2 atom stereocenters. The van der Waals surface area contributed by atoms with Crippen molar-refractivity contribution >= 4 is 57.7 Å². The summed E-state index contributed by atoms with van der Waals surface area (Å²) in [6.07, 6.45) is 0. The lowest BCUT2D eigenvalue weighted by molar-refractivity contribution is -0.119. The van der Waals surface area contributed by atoms with Gasteiger partial charge < -0.3 is 0 Å². The highest BCUT2D eigenvalue weighted by Crippen LogP contribution is 2.58. The first-order valence-electron chi connectivity index (χ1n) is 20.3. The van der Waals surface area contributed by atoms with E-state index in [0.29, 0.717) is 33.6 Å². The second kappa shape index (κ2) is 14.1. The van der Waals surface area contributed by atoms with Crippen LogP contribution in [0, 0.1) is 11.8 Å². The number of ketones is 2. The Kier molecular flexibility index (Phi) is 8.37. The molecule has 294 valence electrons. The fourth-order valence-corrected chi connectivity index (χ4v) is 9.83. The minimum atomic E-state index is -1.32. The molecule has 1 saturated heterocycles. The first kappa shape index (κ1) is 36.7. The maximum Gasteiger partial charge on any atom is 0.266 e. The third-order valence-electron chi connectivity index (χ3n) is 12.3. The molecule has 1 fully saturated rings. The zero-order valence-electron chi connectivity index (χ0n) is 32.8. The summed E-state index contributed by atoms with van der Waals surface area (Å²) in [4.78, 5) is 95.3. The van der Waals surface area contributed by atoms with Gasteiger partial charge in [-0.15, -0.1) is 0 Å². The molecule has 0 saturated carbocycles. The molecular weight excluding hydrogens is 773 g/mol. The van der Waals surface area contributed by atoms with Gasteiger partial charge in [0, 0.05) is 22.3 Å². The molecule has 0 aromatic heterocycles. The lowest BCUT2D eigenvalue weighted by atomic mass is 9.59. The minimum Gasteiger partial charge on any atom is -0.293 e. The highest BCUT2D eigenvalue weighted by molar-refractivity contribution is 6.45. The van der Waals surface area contributed by atoms with Crippen LogP contribution in [0.3, 0.4) is 0 Å². The number of anilines is 2. The van der Waals surface area contributed by atoms with Gasteiger partial charge in [-0.2, -0.15) is 0 Å². The molecule has 2 aliphatic heterocycles. The predicted molar refractivity (Wildman–Crippen MR) is 236 cm³/mol. The van der Waals surface area contributed by atoms with E-state index in [-0.39, 0.29) is 55.7 Å². The zero-order chi connectivity index (χ0) is 42.2. The molecule has 0 spiro atoms. The normalized spacial score (nSPS) is 18.0. The summed E-state index contributed by atoms with van der Waals surface area (Å²) in [7, 11) is 0. The van der Waals surface area contributed by atoms with Gasteiger partial charge in [0.05, 0.1) is 45.5 Å². The molecule has 0 bridgehead atoms. The molecule has 0 N–H and O–H groups in total. The fourth-order valence-electron chi connectivity index (χ4n) is 9.83. The smallest absolute Gasteiger partial charge is 0.266 e. The van der Waals surface area contributed by atoms with E-state index >= 15 is 28.8 Å². The second-order valence-corrected chi connectivity index (χ2v) is 15.5. The van der Waals surface area contributed by atoms with Gasteiger partial charge in [-0.3, -0.25) is 28.8 Å². The van der Waals surface area contributed by atoms with Crippen molar-refractivity contribution in [3.8, 4) is 22.3 Å². The molecule has 62 heavy (non-hydrogen) atoms. The highest BCUT2D eigenvalue weighted by Gasteiger charge is 2.58. The Hall–Kier alpha value is -8.36. The summed E-state index contributed by atoms with van der Waals surface area (Å²) in [5.74, 6) is -6.17. The topological polar surface area (TPSA) is 109 Å². The molecule has 8 heteroatoms. The van der Waals surface area contributed by atoms with Crippen LogP contribution in [0.15, 0.2) is 193 Å². The van der Waals surface area contributed by atoms with E-state index in [0.717, 1.165) is 9.80 Å². The number of carbonyl (C=O) groups excluding carboxylic acids is 6. The van der Waals surface area contributed by atoms with Crippen molar-refractivity contribution in [1.29, 1.82) is 0 Å². The average Bonchev–Trinajstić information content (AvgIpc) is 3.74. The third-order valence-corrected chi connectivity index (χ3v) is 12.3. The van der Waals surface area contributed by atoms with E-state index in [9.17, 15) is 0 Å². The van der Waals surface area contributed by atoms with Gasteiger partial charge in [-0.25, -0.2) is 9.80 Å². The number of carbonyl (C=O) groups is 6. The van der Waals surface area contributed by atoms with Gasteiger partial charge in [0.1, 0.15) is 0 Å². The van der Waals surface area contributed by atoms with Gasteiger partial charge in [-0.1, -0.05) is 158 Å². The molecule has 4 aliphatic rings. The van der Waals surface area contributed by atoms with Crippen LogP contribution < -0.4 is 9.80 Å². The van der Waals surface area contributed by atoms with E-state index < -0.39 is 47.0 Å². The Morgan fingerprint density at radius 2 is 0.548 bits per heavy atom. The van der Waals surface area contributed by atoms with Crippen LogP contribution in [0.5, 0.6) is 0 Å². The number of amides is 4. The largest absolute Gasteiger partial charge is 0.293 e. The number of imide groups is 2. The third kappa shape index (κ3) is 5.20. The SMILES string of the molecule is O=C1c2c(c(-c3ccccc3)c3c(c2-c2ccccc2)C(=O)N(c2ccccc2)C3=O)C(=O)C2C(c3ccccc3)=C3C(=O)N(c4ccccc4)C(=O)C3=C(c3ccccc3)C12. The van der Waals surface area contributed by atoms with Crippen LogP contribution in [-0.4, -0.2) is 35.2 Å². The molecule has 2 aliphatic carbocycles. The van der Waals surface area contributed by atoms with Crippen LogP contribution in [0.25, 0.3) is 33.4 Å². The molecule has 4 amide bonds. The van der Waals surface area contributed by atoms with Gasteiger partial charge in [0.15, 0.2) is 11.6 Å². The van der Waals surface area contributed by atoms with Crippen molar-refractivity contribution < 1.29 is 28.8 Å². The first-order chi connectivity index (χ1) is 30.4. The fraction of sp³-hybridized carbons (Fsp3) is 0.0370. The number of rotatable bonds is 6. The van der Waals surface area contributed by atoms with Gasteiger partial charge in [0.25, 0.3) is 23.6 Å². The Morgan fingerprint density at radius 1 is 0.274 bits per heavy atom. The number of hydrogen-bond acceptors (Lipinski definition) is 6. The van der Waals surface area contributed by atoms with E-state index in [1.165, 1.54) is 0 Å². The summed E-state index contributed by atoms with van der Waals surface area (Å²) in [5, 5.41) is 0. The van der Waals surface area contributed by atoms with Crippen LogP contribution in [0.1, 0.15) is 52.6 Å². The monoisotopic (exact) mass is 804 g/mol. The van der Waals surface area contributed by atoms with Crippen LogP contribution in [-0.2, 0) is 9.59 Å². The molecule has 8 nitrogen and oxygen atoms in total. The summed E-state index contributed by atoms with van der Waals surface area (Å²) < 4.78 is 0. The highest BCUT2D eigenvalue weighted by atomic mass is 16.2. The second-order valence-electron chi connectivity index (χ2n) is 15.5. The maximum atomic E-state index is 16.4. The number of hydrogen-bond donors (Lipinski definition) is 0. The number of Topliss-reactive ketones (excluding diaryl/α,β-unsaturated/α-hetero) is 2. The molecule has 11 rings (SSSR count). The Labute approximate surface area is 355 Å². The Bertz CT molecular complexity index is 2980. The quantitative estimate of drug-likeness (QED) is 0.155. The molecule has 2 heterocycles. The lowest BCUT2D eigenvalue weighted by Crippen LogP contribution is -2.42. The van der Waals surface area contributed by atoms with Gasteiger partial charge >= 0.3 is 0 Å². The predicted octanol–water partition coefficient (Wildman–Crippen LogP) is 9.93. The average molecular weight is 805 g/mol. The lowest BCUT2D eigenvalue weighted by Gasteiger charge is -2.40.